The molecule has 166 valence electrons. The molecule has 1 aromatic carbocycles. The van der Waals surface area contributed by atoms with Crippen molar-refractivity contribution in [3.05, 3.63) is 82.7 Å². The predicted molar refractivity (Wildman–Crippen MR) is 123 cm³/mol. The predicted octanol–water partition coefficient (Wildman–Crippen LogP) is 4.24. The van der Waals surface area contributed by atoms with Gasteiger partial charge in [-0.1, -0.05) is 12.1 Å². The smallest absolute Gasteiger partial charge is 0.341 e. The van der Waals surface area contributed by atoms with Crippen LogP contribution in [0.15, 0.2) is 65.8 Å². The van der Waals surface area contributed by atoms with E-state index in [-0.39, 0.29) is 22.5 Å². The van der Waals surface area contributed by atoms with Crippen molar-refractivity contribution < 1.29 is 14.3 Å². The maximum Gasteiger partial charge on any atom is 0.341 e. The third-order valence-electron chi connectivity index (χ3n) is 5.87. The van der Waals surface area contributed by atoms with Crippen LogP contribution in [0.25, 0.3) is 44.7 Å². The highest BCUT2D eigenvalue weighted by Crippen LogP contribution is 2.39. The number of aromatic nitrogens is 5. The number of hydrogen-bond acceptors (Lipinski definition) is 6. The van der Waals surface area contributed by atoms with E-state index >= 15 is 4.39 Å². The number of hydrogen-bond donors (Lipinski definition) is 1. The summed E-state index contributed by atoms with van der Waals surface area (Å²) in [5.41, 5.74) is 1.11. The Kier molecular flexibility index (Phi) is 4.44. The molecule has 0 unspecified atom stereocenters. The fourth-order valence-corrected chi connectivity index (χ4v) is 4.16. The number of carboxylic acids is 1. The summed E-state index contributed by atoms with van der Waals surface area (Å²) in [6.07, 6.45) is 6.20. The molecule has 0 amide bonds. The van der Waals surface area contributed by atoms with Gasteiger partial charge in [0.1, 0.15) is 28.0 Å². The van der Waals surface area contributed by atoms with Crippen molar-refractivity contribution in [1.29, 1.82) is 0 Å². The molecule has 8 nitrogen and oxygen atoms in total. The summed E-state index contributed by atoms with van der Waals surface area (Å²) in [7, 11) is 0. The van der Waals surface area contributed by atoms with Gasteiger partial charge in [0.25, 0.3) is 0 Å². The lowest BCUT2D eigenvalue weighted by Gasteiger charge is -2.15. The number of nitrogens with zero attached hydrogens (tertiary/aromatic N) is 5. The third-order valence-corrected chi connectivity index (χ3v) is 5.87. The number of rotatable bonds is 4. The second-order valence-electron chi connectivity index (χ2n) is 8.12. The van der Waals surface area contributed by atoms with Gasteiger partial charge >= 0.3 is 5.97 Å². The Morgan fingerprint density at radius 3 is 2.12 bits per heavy atom. The second-order valence-corrected chi connectivity index (χ2v) is 8.12. The minimum absolute atomic E-state index is 0.00503. The minimum atomic E-state index is -1.35. The number of benzene rings is 1. The Bertz CT molecular complexity index is 1670. The molecule has 9 heteroatoms. The van der Waals surface area contributed by atoms with Crippen molar-refractivity contribution in [3.63, 3.8) is 0 Å². The molecule has 0 bridgehead atoms. The SMILES string of the molecule is O=C(O)c1cn(C2CC2)c2c(cc(F)c3nc(-c4ccccn4)c(-c4ccccn4)nc32)c1=O. The van der Waals surface area contributed by atoms with Gasteiger partial charge in [0.2, 0.25) is 5.43 Å². The van der Waals surface area contributed by atoms with Gasteiger partial charge in [0, 0.05) is 24.6 Å². The van der Waals surface area contributed by atoms with Gasteiger partial charge in [-0.05, 0) is 43.2 Å². The number of aromatic carboxylic acids is 1. The monoisotopic (exact) mass is 453 g/mol. The van der Waals surface area contributed by atoms with Crippen molar-refractivity contribution in [1.82, 2.24) is 24.5 Å². The Morgan fingerprint density at radius 2 is 1.59 bits per heavy atom. The third kappa shape index (κ3) is 3.13. The largest absolute Gasteiger partial charge is 0.477 e. The first-order valence-electron chi connectivity index (χ1n) is 10.7. The number of pyridine rings is 3. The van der Waals surface area contributed by atoms with E-state index in [1.54, 1.807) is 53.4 Å². The van der Waals surface area contributed by atoms with Gasteiger partial charge in [-0.15, -0.1) is 0 Å². The van der Waals surface area contributed by atoms with Crippen LogP contribution in [0.3, 0.4) is 0 Å². The number of carboxylic acid groups (broad SMARTS) is 1. The summed E-state index contributed by atoms with van der Waals surface area (Å²) in [4.78, 5) is 42.8. The van der Waals surface area contributed by atoms with Gasteiger partial charge in [-0.3, -0.25) is 14.8 Å². The highest BCUT2D eigenvalue weighted by molar-refractivity contribution is 6.05. The zero-order valence-electron chi connectivity index (χ0n) is 17.6. The van der Waals surface area contributed by atoms with Crippen LogP contribution in [-0.2, 0) is 0 Å². The lowest BCUT2D eigenvalue weighted by Crippen LogP contribution is -2.19. The first kappa shape index (κ1) is 20.1. The zero-order chi connectivity index (χ0) is 23.4. The fraction of sp³-hybridized carbons (Fsp3) is 0.120. The van der Waals surface area contributed by atoms with Gasteiger partial charge < -0.3 is 9.67 Å². The average molecular weight is 453 g/mol. The summed E-state index contributed by atoms with van der Waals surface area (Å²) >= 11 is 0. The molecule has 0 aliphatic heterocycles. The first-order chi connectivity index (χ1) is 16.5. The Labute approximate surface area is 191 Å². The van der Waals surface area contributed by atoms with Crippen LogP contribution >= 0.6 is 0 Å². The van der Waals surface area contributed by atoms with E-state index < -0.39 is 22.8 Å². The highest BCUT2D eigenvalue weighted by atomic mass is 19.1. The molecule has 1 aliphatic carbocycles. The van der Waals surface area contributed by atoms with Crippen LogP contribution in [0.5, 0.6) is 0 Å². The highest BCUT2D eigenvalue weighted by Gasteiger charge is 2.29. The summed E-state index contributed by atoms with van der Waals surface area (Å²) in [6.45, 7) is 0. The van der Waals surface area contributed by atoms with Crippen LogP contribution in [0, 0.1) is 5.82 Å². The molecule has 0 spiro atoms. The average Bonchev–Trinajstić information content (AvgIpc) is 3.70. The van der Waals surface area contributed by atoms with Crippen molar-refractivity contribution >= 4 is 27.9 Å². The normalized spacial score (nSPS) is 13.4. The number of carbonyl (C=O) groups is 1. The van der Waals surface area contributed by atoms with E-state index in [2.05, 4.69) is 15.0 Å². The molecular weight excluding hydrogens is 437 g/mol. The van der Waals surface area contributed by atoms with E-state index in [0.29, 0.717) is 28.3 Å². The van der Waals surface area contributed by atoms with Gasteiger partial charge in [-0.2, -0.15) is 0 Å². The standard InChI is InChI=1S/C25H16FN5O3/c26-16-11-14-23(31(13-7-8-13)12-15(24(14)32)25(33)34)22-19(16)29-20(17-5-1-3-9-27-17)21(30-22)18-6-2-4-10-28-18/h1-6,9-13H,7-8H2,(H,33,34). The van der Waals surface area contributed by atoms with Crippen LogP contribution in [0.4, 0.5) is 4.39 Å². The Hall–Kier alpha value is -4.53. The maximum atomic E-state index is 15.4. The molecule has 0 saturated heterocycles. The summed E-state index contributed by atoms with van der Waals surface area (Å²) in [6, 6.07) is 11.7. The molecule has 1 fully saturated rings. The topological polar surface area (TPSA) is 111 Å². The summed E-state index contributed by atoms with van der Waals surface area (Å²) in [5, 5.41) is 9.50. The molecule has 0 radical (unpaired) electrons. The summed E-state index contributed by atoms with van der Waals surface area (Å²) in [5.74, 6) is -2.12. The lowest BCUT2D eigenvalue weighted by atomic mass is 10.1. The lowest BCUT2D eigenvalue weighted by molar-refractivity contribution is 0.0695. The van der Waals surface area contributed by atoms with Crippen LogP contribution in [0.1, 0.15) is 29.2 Å². The zero-order valence-corrected chi connectivity index (χ0v) is 17.6. The van der Waals surface area contributed by atoms with Crippen molar-refractivity contribution in [3.8, 4) is 22.8 Å². The van der Waals surface area contributed by atoms with Crippen LogP contribution < -0.4 is 5.43 Å². The quantitative estimate of drug-likeness (QED) is 0.405. The fourth-order valence-electron chi connectivity index (χ4n) is 4.16. The van der Waals surface area contributed by atoms with Gasteiger partial charge in [0.15, 0.2) is 5.82 Å². The molecule has 0 atom stereocenters. The molecule has 34 heavy (non-hydrogen) atoms. The molecule has 1 aliphatic rings. The molecule has 1 saturated carbocycles. The van der Waals surface area contributed by atoms with Crippen LogP contribution in [-0.4, -0.2) is 35.6 Å². The molecule has 6 rings (SSSR count). The van der Waals surface area contributed by atoms with Crippen LogP contribution in [0.2, 0.25) is 0 Å². The van der Waals surface area contributed by atoms with E-state index in [9.17, 15) is 14.7 Å². The Morgan fingerprint density at radius 1 is 0.971 bits per heavy atom. The number of fused-ring (bicyclic) bond motifs is 3. The van der Waals surface area contributed by atoms with E-state index in [1.165, 1.54) is 6.20 Å². The maximum absolute atomic E-state index is 15.4. The van der Waals surface area contributed by atoms with Crippen molar-refractivity contribution in [2.75, 3.05) is 0 Å². The van der Waals surface area contributed by atoms with Crippen molar-refractivity contribution in [2.24, 2.45) is 0 Å². The van der Waals surface area contributed by atoms with E-state index in [4.69, 9.17) is 4.98 Å². The second kappa shape index (κ2) is 7.51. The molecular formula is C25H16FN5O3. The van der Waals surface area contributed by atoms with E-state index in [0.717, 1.165) is 18.9 Å². The minimum Gasteiger partial charge on any atom is -0.477 e. The van der Waals surface area contributed by atoms with Gasteiger partial charge in [0.05, 0.1) is 22.3 Å². The van der Waals surface area contributed by atoms with Gasteiger partial charge in [-0.25, -0.2) is 19.2 Å². The van der Waals surface area contributed by atoms with E-state index in [1.807, 2.05) is 0 Å². The Balaban J connectivity index is 1.79. The molecule has 5 aromatic rings. The summed E-state index contributed by atoms with van der Waals surface area (Å²) < 4.78 is 17.1. The first-order valence-corrected chi connectivity index (χ1v) is 10.7. The number of halogens is 1. The molecule has 4 aromatic heterocycles. The molecule has 4 heterocycles. The van der Waals surface area contributed by atoms with Crippen molar-refractivity contribution in [2.45, 2.75) is 18.9 Å². The molecule has 1 N–H and O–H groups in total.